The minimum atomic E-state index is -4.07. The van der Waals surface area contributed by atoms with Gasteiger partial charge in [-0.1, -0.05) is 6.92 Å². The van der Waals surface area contributed by atoms with Crippen molar-refractivity contribution in [1.82, 2.24) is 34.7 Å². The largest absolute Gasteiger partial charge is 0.479 e. The molecule has 14 heteroatoms. The van der Waals surface area contributed by atoms with Crippen molar-refractivity contribution in [1.29, 1.82) is 0 Å². The first kappa shape index (κ1) is 25.7. The molecule has 1 fully saturated rings. The van der Waals surface area contributed by atoms with E-state index in [9.17, 15) is 8.42 Å². The molecule has 4 rings (SSSR count). The van der Waals surface area contributed by atoms with Gasteiger partial charge in [-0.15, -0.1) is 10.2 Å². The van der Waals surface area contributed by atoms with E-state index < -0.39 is 21.4 Å². The summed E-state index contributed by atoms with van der Waals surface area (Å²) in [7, 11) is 0.251. The average molecular weight is 519 g/mol. The Morgan fingerprint density at radius 2 is 1.61 bits per heavy atom. The van der Waals surface area contributed by atoms with E-state index in [0.717, 1.165) is 18.4 Å². The summed E-state index contributed by atoms with van der Waals surface area (Å²) in [5.74, 6) is 1.52. The van der Waals surface area contributed by atoms with Gasteiger partial charge < -0.3 is 14.2 Å². The van der Waals surface area contributed by atoms with E-state index in [1.165, 1.54) is 34.6 Å². The number of nitrogens with zero attached hydrogens (tertiary/aromatic N) is 7. The molecule has 1 saturated carbocycles. The molecule has 0 unspecified atom stereocenters. The number of sulfonamides is 1. The Balaban J connectivity index is 1.77. The van der Waals surface area contributed by atoms with Gasteiger partial charge in [-0.25, -0.2) is 18.4 Å². The maximum absolute atomic E-state index is 13.5. The summed E-state index contributed by atoms with van der Waals surface area (Å²) in [6, 6.07) is 0. The summed E-state index contributed by atoms with van der Waals surface area (Å²) >= 11 is 0. The maximum Gasteiger partial charge on any atom is 0.245 e. The molecule has 1 aliphatic rings. The lowest BCUT2D eigenvalue weighted by molar-refractivity contribution is 0.0949. The van der Waals surface area contributed by atoms with Gasteiger partial charge in [-0.05, 0) is 38.2 Å². The van der Waals surface area contributed by atoms with Crippen LogP contribution in [0.2, 0.25) is 0 Å². The lowest BCUT2D eigenvalue weighted by Crippen LogP contribution is -2.33. The van der Waals surface area contributed by atoms with E-state index in [4.69, 9.17) is 14.2 Å². The Morgan fingerprint density at radius 3 is 2.14 bits per heavy atom. The number of aromatic nitrogens is 7. The zero-order chi connectivity index (χ0) is 26.0. The van der Waals surface area contributed by atoms with Crippen molar-refractivity contribution in [2.45, 2.75) is 50.9 Å². The molecule has 1 N–H and O–H groups in total. The number of hydrogen-bond acceptors (Lipinski definition) is 11. The van der Waals surface area contributed by atoms with Crippen LogP contribution in [0.5, 0.6) is 11.8 Å². The molecule has 3 atom stereocenters. The first-order valence-corrected chi connectivity index (χ1v) is 13.0. The van der Waals surface area contributed by atoms with Gasteiger partial charge in [0.05, 0.1) is 14.2 Å². The first-order chi connectivity index (χ1) is 17.2. The molecule has 0 saturated heterocycles. The molecular weight excluding hydrogens is 488 g/mol. The molecule has 0 amide bonds. The summed E-state index contributed by atoms with van der Waals surface area (Å²) in [5, 5.41) is 7.47. The number of rotatable bonds is 11. The van der Waals surface area contributed by atoms with Gasteiger partial charge in [0.15, 0.2) is 11.5 Å². The first-order valence-electron chi connectivity index (χ1n) is 11.4. The molecule has 0 bridgehead atoms. The number of nitrogens with one attached hydrogen (secondary N) is 1. The van der Waals surface area contributed by atoms with Crippen molar-refractivity contribution in [3.05, 3.63) is 35.9 Å². The Labute approximate surface area is 209 Å². The Bertz CT molecular complexity index is 1290. The topological polar surface area (TPSA) is 156 Å². The third-order valence-electron chi connectivity index (χ3n) is 6.25. The number of hydrogen-bond donors (Lipinski definition) is 1. The smallest absolute Gasteiger partial charge is 0.245 e. The highest BCUT2D eigenvalue weighted by Gasteiger charge is 2.38. The van der Waals surface area contributed by atoms with Crippen LogP contribution in [0.1, 0.15) is 55.9 Å². The summed E-state index contributed by atoms with van der Waals surface area (Å²) in [5.41, 5.74) is 1.14. The molecule has 0 aliphatic heterocycles. The second-order valence-electron chi connectivity index (χ2n) is 8.71. The fourth-order valence-electron chi connectivity index (χ4n) is 3.96. The third kappa shape index (κ3) is 4.95. The van der Waals surface area contributed by atoms with Crippen molar-refractivity contribution in [2.24, 2.45) is 5.92 Å². The van der Waals surface area contributed by atoms with Gasteiger partial charge in [-0.2, -0.15) is 9.97 Å². The highest BCUT2D eigenvalue weighted by atomic mass is 32.2. The predicted octanol–water partition coefficient (Wildman–Crippen LogP) is 2.20. The van der Waals surface area contributed by atoms with Crippen molar-refractivity contribution in [2.75, 3.05) is 26.1 Å². The lowest BCUT2D eigenvalue weighted by atomic mass is 10.1. The van der Waals surface area contributed by atoms with E-state index in [2.05, 4.69) is 34.9 Å². The Hall–Kier alpha value is -3.39. The number of aryl methyl sites for hydroxylation is 1. The second kappa shape index (κ2) is 10.3. The van der Waals surface area contributed by atoms with E-state index in [0.29, 0.717) is 17.4 Å². The van der Waals surface area contributed by atoms with Crippen molar-refractivity contribution >= 4 is 16.0 Å². The van der Waals surface area contributed by atoms with E-state index >= 15 is 0 Å². The average Bonchev–Trinajstić information content (AvgIpc) is 3.65. The van der Waals surface area contributed by atoms with Crippen LogP contribution >= 0.6 is 0 Å². The third-order valence-corrected chi connectivity index (χ3v) is 7.94. The van der Waals surface area contributed by atoms with Gasteiger partial charge >= 0.3 is 0 Å². The minimum Gasteiger partial charge on any atom is -0.479 e. The maximum atomic E-state index is 13.5. The molecule has 3 aromatic heterocycles. The number of anilines is 1. The van der Waals surface area contributed by atoms with Crippen LogP contribution in [0.25, 0.3) is 5.69 Å². The predicted molar refractivity (Wildman–Crippen MR) is 130 cm³/mol. The quantitative estimate of drug-likeness (QED) is 0.397. The van der Waals surface area contributed by atoms with Gasteiger partial charge in [0.2, 0.25) is 27.7 Å². The molecule has 1 aliphatic carbocycles. The number of ether oxygens (including phenoxy) is 3. The van der Waals surface area contributed by atoms with E-state index in [1.54, 1.807) is 17.0 Å². The van der Waals surface area contributed by atoms with Crippen molar-refractivity contribution < 1.29 is 22.6 Å². The van der Waals surface area contributed by atoms with Gasteiger partial charge in [0.1, 0.15) is 23.5 Å². The minimum absolute atomic E-state index is 0.00419. The molecule has 36 heavy (non-hydrogen) atoms. The van der Waals surface area contributed by atoms with Crippen molar-refractivity contribution in [3.63, 3.8) is 0 Å². The summed E-state index contributed by atoms with van der Waals surface area (Å²) in [4.78, 5) is 16.8. The van der Waals surface area contributed by atoms with Crippen molar-refractivity contribution in [3.8, 4) is 17.4 Å². The summed E-state index contributed by atoms with van der Waals surface area (Å²) in [6.45, 7) is 5.38. The van der Waals surface area contributed by atoms with E-state index in [-0.39, 0.29) is 29.5 Å². The number of methoxy groups -OCH3 is 3. The van der Waals surface area contributed by atoms with Crippen LogP contribution in [0.4, 0.5) is 5.95 Å². The van der Waals surface area contributed by atoms with Crippen LogP contribution in [-0.2, 0) is 14.8 Å². The van der Waals surface area contributed by atoms with Crippen LogP contribution in [0.3, 0.4) is 0 Å². The molecular formula is C22H30N8O5S. The highest BCUT2D eigenvalue weighted by molar-refractivity contribution is 7.93. The summed E-state index contributed by atoms with van der Waals surface area (Å²) in [6.07, 6.45) is 5.70. The molecule has 0 spiro atoms. The molecule has 0 radical (unpaired) electrons. The fraction of sp³-hybridized carbons (Fsp3) is 0.545. The van der Waals surface area contributed by atoms with Crippen LogP contribution < -0.4 is 14.2 Å². The van der Waals surface area contributed by atoms with Gasteiger partial charge in [0.25, 0.3) is 0 Å². The normalized spacial score (nSPS) is 16.3. The standard InChI is InChI=1S/C22H30N8O5S/c1-12-9-23-18(24-10-12)17(33-4)14(3)36(31,32)29-22-28-27-19(13(2)15-7-8-15)30(22)16-20(34-5)25-11-26-21(16)35-6/h9-11,13-15,17H,7-8H2,1-6H3,(H,28,29)/t13-,14+,17+/m1/s1. The van der Waals surface area contributed by atoms with Gasteiger partial charge in [0, 0.05) is 25.4 Å². The fourth-order valence-corrected chi connectivity index (χ4v) is 5.09. The SMILES string of the molecule is COc1ncnc(OC)c1-n1c(NS(=O)(=O)[C@@H](C)[C@H](OC)c2ncc(C)cn2)nnc1[C@H](C)C1CC1. The molecule has 13 nitrogen and oxygen atoms in total. The zero-order valence-electron chi connectivity index (χ0n) is 21.0. The lowest BCUT2D eigenvalue weighted by Gasteiger charge is -2.23. The van der Waals surface area contributed by atoms with Crippen LogP contribution in [0.15, 0.2) is 18.7 Å². The highest BCUT2D eigenvalue weighted by Crippen LogP contribution is 2.44. The van der Waals surface area contributed by atoms with Crippen LogP contribution in [0, 0.1) is 12.8 Å². The zero-order valence-corrected chi connectivity index (χ0v) is 21.9. The Kier molecular flexibility index (Phi) is 7.36. The second-order valence-corrected chi connectivity index (χ2v) is 10.7. The van der Waals surface area contributed by atoms with E-state index in [1.807, 2.05) is 13.8 Å². The molecule has 0 aromatic carbocycles. The molecule has 3 heterocycles. The molecule has 194 valence electrons. The van der Waals surface area contributed by atoms with Crippen LogP contribution in [-0.4, -0.2) is 69.7 Å². The monoisotopic (exact) mass is 518 g/mol. The summed E-state index contributed by atoms with van der Waals surface area (Å²) < 4.78 is 47.6. The van der Waals surface area contributed by atoms with Gasteiger partial charge in [-0.3, -0.25) is 9.29 Å². The Morgan fingerprint density at radius 1 is 1.00 bits per heavy atom. The molecule has 3 aromatic rings.